The van der Waals surface area contributed by atoms with Crippen molar-refractivity contribution in [2.75, 3.05) is 44.6 Å². The van der Waals surface area contributed by atoms with E-state index in [9.17, 15) is 9.18 Å². The second-order valence-corrected chi connectivity index (χ2v) is 6.79. The summed E-state index contributed by atoms with van der Waals surface area (Å²) in [5.74, 6) is 0.0795. The Balaban J connectivity index is 0.00000392. The van der Waals surface area contributed by atoms with Gasteiger partial charge in [0.2, 0.25) is 5.91 Å². The van der Waals surface area contributed by atoms with E-state index in [-0.39, 0.29) is 42.2 Å². The average molecular weight is 505 g/mol. The minimum Gasteiger partial charge on any atom is -0.357 e. The maximum Gasteiger partial charge on any atom is 0.246 e. The Morgan fingerprint density at radius 2 is 1.79 bits per heavy atom. The van der Waals surface area contributed by atoms with Crippen molar-refractivity contribution >= 4 is 41.5 Å². The molecule has 1 aromatic carbocycles. The van der Waals surface area contributed by atoms with Crippen LogP contribution in [0, 0.1) is 5.82 Å². The molecule has 0 radical (unpaired) electrons. The van der Waals surface area contributed by atoms with E-state index >= 15 is 0 Å². The molecule has 1 saturated heterocycles. The smallest absolute Gasteiger partial charge is 0.246 e. The highest BCUT2D eigenvalue weighted by molar-refractivity contribution is 14.0. The third-order valence-corrected chi connectivity index (χ3v) is 4.50. The number of guanidine groups is 1. The van der Waals surface area contributed by atoms with E-state index in [1.165, 1.54) is 63.0 Å². The number of benzene rings is 1. The largest absolute Gasteiger partial charge is 0.357 e. The van der Waals surface area contributed by atoms with Crippen LogP contribution in [0.2, 0.25) is 0 Å². The first-order valence-corrected chi connectivity index (χ1v) is 9.97. The van der Waals surface area contributed by atoms with Crippen molar-refractivity contribution in [3.05, 3.63) is 30.1 Å². The molecule has 2 rings (SSSR count). The van der Waals surface area contributed by atoms with Crippen molar-refractivity contribution < 1.29 is 9.18 Å². The standard InChI is InChI=1S/C20H32FN5O.HI/c1-2-22-20(23-12-7-15-26-13-5-3-4-6-14-26)24-16-19(27)25-18-10-8-17(21)9-11-18;/h8-11H,2-7,12-16H2,1H3,(H,25,27)(H2,22,23,24);1H. The Morgan fingerprint density at radius 3 is 2.43 bits per heavy atom. The van der Waals surface area contributed by atoms with Crippen molar-refractivity contribution in [3.8, 4) is 0 Å². The van der Waals surface area contributed by atoms with Crippen LogP contribution in [0.3, 0.4) is 0 Å². The van der Waals surface area contributed by atoms with Gasteiger partial charge < -0.3 is 20.9 Å². The second-order valence-electron chi connectivity index (χ2n) is 6.79. The van der Waals surface area contributed by atoms with Gasteiger partial charge in [-0.2, -0.15) is 0 Å². The van der Waals surface area contributed by atoms with Crippen LogP contribution in [0.25, 0.3) is 0 Å². The van der Waals surface area contributed by atoms with Crippen molar-refractivity contribution in [2.24, 2.45) is 4.99 Å². The average Bonchev–Trinajstić information content (AvgIpc) is 2.94. The highest BCUT2D eigenvalue weighted by atomic mass is 127. The zero-order chi connectivity index (χ0) is 19.3. The van der Waals surface area contributed by atoms with E-state index in [0.29, 0.717) is 11.6 Å². The van der Waals surface area contributed by atoms with Crippen LogP contribution in [0.4, 0.5) is 10.1 Å². The van der Waals surface area contributed by atoms with Crippen molar-refractivity contribution in [3.63, 3.8) is 0 Å². The van der Waals surface area contributed by atoms with Gasteiger partial charge in [0.25, 0.3) is 0 Å². The van der Waals surface area contributed by atoms with Gasteiger partial charge in [-0.1, -0.05) is 12.8 Å². The fraction of sp³-hybridized carbons (Fsp3) is 0.600. The van der Waals surface area contributed by atoms with E-state index in [1.807, 2.05) is 6.92 Å². The number of nitrogens with one attached hydrogen (secondary N) is 3. The summed E-state index contributed by atoms with van der Waals surface area (Å²) in [5.41, 5.74) is 0.562. The Labute approximate surface area is 184 Å². The molecule has 1 heterocycles. The number of hydrogen-bond acceptors (Lipinski definition) is 3. The zero-order valence-corrected chi connectivity index (χ0v) is 19.0. The number of carbonyl (C=O) groups is 1. The fourth-order valence-electron chi connectivity index (χ4n) is 3.10. The number of carbonyl (C=O) groups excluding carboxylic acids is 1. The van der Waals surface area contributed by atoms with Crippen molar-refractivity contribution in [2.45, 2.75) is 39.0 Å². The van der Waals surface area contributed by atoms with Gasteiger partial charge >= 0.3 is 0 Å². The third-order valence-electron chi connectivity index (χ3n) is 4.50. The van der Waals surface area contributed by atoms with E-state index in [2.05, 4.69) is 25.8 Å². The second kappa shape index (κ2) is 14.6. The highest BCUT2D eigenvalue weighted by Crippen LogP contribution is 2.09. The van der Waals surface area contributed by atoms with Crippen LogP contribution in [0.1, 0.15) is 39.0 Å². The number of likely N-dealkylation sites (tertiary alicyclic amines) is 1. The summed E-state index contributed by atoms with van der Waals surface area (Å²) < 4.78 is 12.9. The minimum atomic E-state index is -0.329. The first-order valence-electron chi connectivity index (χ1n) is 9.97. The number of rotatable bonds is 8. The number of hydrogen-bond donors (Lipinski definition) is 3. The van der Waals surface area contributed by atoms with Gasteiger partial charge in [-0.25, -0.2) is 9.38 Å². The van der Waals surface area contributed by atoms with Crippen LogP contribution in [-0.2, 0) is 4.79 Å². The van der Waals surface area contributed by atoms with Crippen LogP contribution >= 0.6 is 24.0 Å². The third kappa shape index (κ3) is 10.2. The number of nitrogens with zero attached hydrogens (tertiary/aromatic N) is 2. The summed E-state index contributed by atoms with van der Waals surface area (Å²) in [7, 11) is 0. The topological polar surface area (TPSA) is 68.8 Å². The monoisotopic (exact) mass is 505 g/mol. The summed E-state index contributed by atoms with van der Waals surface area (Å²) in [6, 6.07) is 5.69. The summed E-state index contributed by atoms with van der Waals surface area (Å²) in [6.45, 7) is 7.07. The van der Waals surface area contributed by atoms with Crippen molar-refractivity contribution in [1.82, 2.24) is 15.5 Å². The van der Waals surface area contributed by atoms with E-state index in [4.69, 9.17) is 0 Å². The van der Waals surface area contributed by atoms with E-state index in [0.717, 1.165) is 26.1 Å². The number of aliphatic imine (C=N–C) groups is 1. The molecule has 0 unspecified atom stereocenters. The van der Waals surface area contributed by atoms with Gasteiger partial charge in [-0.3, -0.25) is 4.79 Å². The van der Waals surface area contributed by atoms with Crippen molar-refractivity contribution in [1.29, 1.82) is 0 Å². The lowest BCUT2D eigenvalue weighted by molar-refractivity contribution is -0.114. The molecule has 3 N–H and O–H groups in total. The summed E-state index contributed by atoms with van der Waals surface area (Å²) in [6.07, 6.45) is 6.37. The maximum absolute atomic E-state index is 12.9. The van der Waals surface area contributed by atoms with Gasteiger partial charge in [0.1, 0.15) is 12.4 Å². The molecule has 28 heavy (non-hydrogen) atoms. The Bertz CT molecular complexity index is 589. The molecule has 0 spiro atoms. The summed E-state index contributed by atoms with van der Waals surface area (Å²) in [5, 5.41) is 9.15. The molecule has 0 aromatic heterocycles. The molecule has 1 amide bonds. The molecule has 0 saturated carbocycles. The quantitative estimate of drug-likeness (QED) is 0.220. The van der Waals surface area contributed by atoms with Gasteiger partial charge in [0.05, 0.1) is 0 Å². The van der Waals surface area contributed by atoms with Gasteiger partial charge in [0, 0.05) is 18.8 Å². The summed E-state index contributed by atoms with van der Waals surface area (Å²) in [4.78, 5) is 18.9. The molecule has 1 aliphatic heterocycles. The normalized spacial score (nSPS) is 15.3. The molecule has 0 aliphatic carbocycles. The zero-order valence-electron chi connectivity index (χ0n) is 16.7. The molecular weight excluding hydrogens is 472 g/mol. The molecule has 158 valence electrons. The minimum absolute atomic E-state index is 0. The SMILES string of the molecule is CCNC(=NCC(=O)Nc1ccc(F)cc1)NCCCN1CCCCCC1.I. The van der Waals surface area contributed by atoms with E-state index in [1.54, 1.807) is 0 Å². The first-order chi connectivity index (χ1) is 13.2. The predicted molar refractivity (Wildman–Crippen MR) is 124 cm³/mol. The Hall–Kier alpha value is -1.42. The van der Waals surface area contributed by atoms with Crippen LogP contribution in [0.15, 0.2) is 29.3 Å². The molecule has 1 fully saturated rings. The summed E-state index contributed by atoms with van der Waals surface area (Å²) >= 11 is 0. The molecule has 1 aromatic rings. The molecular formula is C20H33FIN5O. The lowest BCUT2D eigenvalue weighted by Gasteiger charge is -2.20. The van der Waals surface area contributed by atoms with Crippen LogP contribution in [0.5, 0.6) is 0 Å². The number of anilines is 1. The van der Waals surface area contributed by atoms with Gasteiger partial charge in [-0.05, 0) is 70.1 Å². The molecule has 8 heteroatoms. The van der Waals surface area contributed by atoms with Gasteiger partial charge in [0.15, 0.2) is 5.96 Å². The first kappa shape index (κ1) is 24.6. The number of amides is 1. The van der Waals surface area contributed by atoms with Crippen LogP contribution < -0.4 is 16.0 Å². The maximum atomic E-state index is 12.9. The van der Waals surface area contributed by atoms with Crippen LogP contribution in [-0.4, -0.2) is 56.0 Å². The lowest BCUT2D eigenvalue weighted by atomic mass is 10.2. The Morgan fingerprint density at radius 1 is 1.11 bits per heavy atom. The fourth-order valence-corrected chi connectivity index (χ4v) is 3.10. The predicted octanol–water partition coefficient (Wildman–Crippen LogP) is 3.20. The molecule has 0 atom stereocenters. The lowest BCUT2D eigenvalue weighted by Crippen LogP contribution is -2.39. The van der Waals surface area contributed by atoms with E-state index < -0.39 is 0 Å². The molecule has 6 nitrogen and oxygen atoms in total. The molecule has 1 aliphatic rings. The Kier molecular flexibility index (Phi) is 12.8. The number of halogens is 2. The molecule has 0 bridgehead atoms. The highest BCUT2D eigenvalue weighted by Gasteiger charge is 2.08. The van der Waals surface area contributed by atoms with Gasteiger partial charge in [-0.15, -0.1) is 24.0 Å².